The van der Waals surface area contributed by atoms with Crippen molar-refractivity contribution >= 4 is 19.0 Å². The van der Waals surface area contributed by atoms with Crippen LogP contribution in [0, 0.1) is 20.8 Å². The van der Waals surface area contributed by atoms with E-state index in [9.17, 15) is 9.59 Å². The number of rotatable bonds is 8. The van der Waals surface area contributed by atoms with Crippen LogP contribution in [0.3, 0.4) is 0 Å². The van der Waals surface area contributed by atoms with Gasteiger partial charge in [0.25, 0.3) is 0 Å². The van der Waals surface area contributed by atoms with E-state index < -0.39 is 7.92 Å². The lowest BCUT2D eigenvalue weighted by molar-refractivity contribution is 0.104. The van der Waals surface area contributed by atoms with Crippen LogP contribution in [0.2, 0.25) is 0 Å². The third-order valence-corrected chi connectivity index (χ3v) is 8.52. The molecule has 3 rings (SSSR count). The van der Waals surface area contributed by atoms with E-state index in [1.807, 2.05) is 32.9 Å². The zero-order chi connectivity index (χ0) is 22.7. The lowest BCUT2D eigenvalue weighted by atomic mass is 10.0. The van der Waals surface area contributed by atoms with Crippen LogP contribution in [0.4, 0.5) is 0 Å². The number of ether oxygens (including phenoxy) is 3. The van der Waals surface area contributed by atoms with Gasteiger partial charge in [0.15, 0.2) is 11.0 Å². The number of methoxy groups -OCH3 is 3. The molecule has 1 aliphatic carbocycles. The lowest BCUT2D eigenvalue weighted by Gasteiger charge is -2.25. The van der Waals surface area contributed by atoms with Gasteiger partial charge in [-0.2, -0.15) is 0 Å². The van der Waals surface area contributed by atoms with E-state index in [0.717, 1.165) is 42.4 Å². The van der Waals surface area contributed by atoms with Gasteiger partial charge in [0, 0.05) is 25.6 Å². The van der Waals surface area contributed by atoms with Gasteiger partial charge in [-0.25, -0.2) is 0 Å². The Kier molecular flexibility index (Phi) is 7.38. The molecule has 1 saturated carbocycles. The Morgan fingerprint density at radius 1 is 0.774 bits per heavy atom. The first-order valence-corrected chi connectivity index (χ1v) is 12.0. The summed E-state index contributed by atoms with van der Waals surface area (Å²) >= 11 is 0. The van der Waals surface area contributed by atoms with Crippen LogP contribution in [0.25, 0.3) is 0 Å². The molecule has 1 unspecified atom stereocenters. The van der Waals surface area contributed by atoms with E-state index in [2.05, 4.69) is 0 Å². The van der Waals surface area contributed by atoms with Gasteiger partial charge in [-0.1, -0.05) is 30.5 Å². The standard InChI is InChI=1S/C25H31O5P/c1-15-11-16(2)22(17(3)12-15)24(26)31(19-9-7-8-10-19)25(27)23-20(29-5)13-18(28-4)14-21(23)30-6/h11-14,19H,7-10H2,1-6H3. The van der Waals surface area contributed by atoms with Crippen LogP contribution in [0.15, 0.2) is 24.3 Å². The maximum atomic E-state index is 14.0. The van der Waals surface area contributed by atoms with E-state index in [1.54, 1.807) is 19.2 Å². The van der Waals surface area contributed by atoms with Crippen molar-refractivity contribution in [1.82, 2.24) is 0 Å². The van der Waals surface area contributed by atoms with Crippen molar-refractivity contribution < 1.29 is 23.8 Å². The van der Waals surface area contributed by atoms with Crippen LogP contribution in [-0.2, 0) is 0 Å². The monoisotopic (exact) mass is 442 g/mol. The highest BCUT2D eigenvalue weighted by molar-refractivity contribution is 7.90. The summed E-state index contributed by atoms with van der Waals surface area (Å²) in [5.41, 5.74) is 3.84. The summed E-state index contributed by atoms with van der Waals surface area (Å²) in [5, 5.41) is 0. The first-order valence-electron chi connectivity index (χ1n) is 10.6. The molecule has 31 heavy (non-hydrogen) atoms. The largest absolute Gasteiger partial charge is 0.496 e. The molecule has 0 spiro atoms. The van der Waals surface area contributed by atoms with E-state index in [1.165, 1.54) is 14.2 Å². The molecule has 2 aromatic rings. The summed E-state index contributed by atoms with van der Waals surface area (Å²) in [4.78, 5) is 27.9. The quantitative estimate of drug-likeness (QED) is 0.466. The molecule has 166 valence electrons. The van der Waals surface area contributed by atoms with Gasteiger partial charge in [-0.05, 0) is 50.4 Å². The summed E-state index contributed by atoms with van der Waals surface area (Å²) in [6, 6.07) is 7.37. The molecule has 0 N–H and O–H groups in total. The highest BCUT2D eigenvalue weighted by atomic mass is 31.1. The van der Waals surface area contributed by atoms with Crippen molar-refractivity contribution in [1.29, 1.82) is 0 Å². The molecule has 1 aliphatic rings. The second kappa shape index (κ2) is 9.82. The highest BCUT2D eigenvalue weighted by Crippen LogP contribution is 2.56. The Labute approximate surface area is 185 Å². The topological polar surface area (TPSA) is 61.8 Å². The van der Waals surface area contributed by atoms with E-state index >= 15 is 0 Å². The van der Waals surface area contributed by atoms with Gasteiger partial charge in [-0.15, -0.1) is 0 Å². The highest BCUT2D eigenvalue weighted by Gasteiger charge is 2.40. The number of hydrogen-bond donors (Lipinski definition) is 0. The zero-order valence-corrected chi connectivity index (χ0v) is 20.1. The average molecular weight is 442 g/mol. The molecule has 0 aliphatic heterocycles. The Bertz CT molecular complexity index is 943. The number of carbonyl (C=O) groups excluding carboxylic acids is 2. The maximum Gasteiger partial charge on any atom is 0.199 e. The Morgan fingerprint density at radius 2 is 1.26 bits per heavy atom. The third kappa shape index (κ3) is 4.62. The first-order chi connectivity index (χ1) is 14.8. The van der Waals surface area contributed by atoms with E-state index in [-0.39, 0.29) is 16.7 Å². The van der Waals surface area contributed by atoms with Crippen LogP contribution < -0.4 is 14.2 Å². The molecule has 2 aromatic carbocycles. The molecule has 0 aromatic heterocycles. The molecule has 6 heteroatoms. The summed E-state index contributed by atoms with van der Waals surface area (Å²) < 4.78 is 16.4. The van der Waals surface area contributed by atoms with Gasteiger partial charge in [0.05, 0.1) is 21.3 Å². The number of aryl methyl sites for hydroxylation is 3. The van der Waals surface area contributed by atoms with Crippen molar-refractivity contribution in [3.63, 3.8) is 0 Å². The Hall–Kier alpha value is -2.39. The summed E-state index contributed by atoms with van der Waals surface area (Å²) in [5.74, 6) is 1.28. The average Bonchev–Trinajstić information content (AvgIpc) is 3.26. The molecular formula is C25H31O5P. The van der Waals surface area contributed by atoms with E-state index in [4.69, 9.17) is 14.2 Å². The van der Waals surface area contributed by atoms with Gasteiger partial charge in [-0.3, -0.25) is 9.59 Å². The zero-order valence-electron chi connectivity index (χ0n) is 19.2. The van der Waals surface area contributed by atoms with Crippen molar-refractivity contribution in [3.8, 4) is 17.2 Å². The SMILES string of the molecule is COc1cc(OC)c(C(=O)P(C(=O)c2c(C)cc(C)cc2C)C2CCCC2)c(OC)c1. The smallest absolute Gasteiger partial charge is 0.199 e. The lowest BCUT2D eigenvalue weighted by Crippen LogP contribution is -2.18. The number of hydrogen-bond acceptors (Lipinski definition) is 5. The van der Waals surface area contributed by atoms with Crippen LogP contribution in [-0.4, -0.2) is 38.0 Å². The van der Waals surface area contributed by atoms with Crippen molar-refractivity contribution in [2.75, 3.05) is 21.3 Å². The Balaban J connectivity index is 2.15. The fourth-order valence-corrected chi connectivity index (χ4v) is 7.35. The molecule has 1 atom stereocenters. The third-order valence-electron chi connectivity index (χ3n) is 5.95. The van der Waals surface area contributed by atoms with Crippen LogP contribution >= 0.6 is 7.92 Å². The van der Waals surface area contributed by atoms with Crippen molar-refractivity contribution in [3.05, 3.63) is 52.1 Å². The first kappa shape index (κ1) is 23.3. The minimum Gasteiger partial charge on any atom is -0.496 e. The second-order valence-electron chi connectivity index (χ2n) is 8.10. The van der Waals surface area contributed by atoms with Gasteiger partial charge >= 0.3 is 0 Å². The van der Waals surface area contributed by atoms with Gasteiger partial charge in [0.2, 0.25) is 0 Å². The predicted octanol–water partition coefficient (Wildman–Crippen LogP) is 6.04. The predicted molar refractivity (Wildman–Crippen MR) is 125 cm³/mol. The summed E-state index contributed by atoms with van der Waals surface area (Å²) in [6.07, 6.45) is 3.89. The normalized spacial score (nSPS) is 14.9. The summed E-state index contributed by atoms with van der Waals surface area (Å²) in [6.45, 7) is 5.93. The fourth-order valence-electron chi connectivity index (χ4n) is 4.56. The molecule has 5 nitrogen and oxygen atoms in total. The minimum atomic E-state index is -1.62. The number of carbonyl (C=O) groups is 2. The Morgan fingerprint density at radius 3 is 1.71 bits per heavy atom. The fraction of sp³-hybridized carbons (Fsp3) is 0.440. The number of benzene rings is 2. The maximum absolute atomic E-state index is 14.0. The molecular weight excluding hydrogens is 411 g/mol. The molecule has 0 amide bonds. The molecule has 0 saturated heterocycles. The summed E-state index contributed by atoms with van der Waals surface area (Å²) in [7, 11) is 2.96. The van der Waals surface area contributed by atoms with Crippen LogP contribution in [0.5, 0.6) is 17.2 Å². The van der Waals surface area contributed by atoms with Gasteiger partial charge < -0.3 is 14.2 Å². The second-order valence-corrected chi connectivity index (χ2v) is 10.4. The minimum absolute atomic E-state index is 0.0400. The van der Waals surface area contributed by atoms with Crippen LogP contribution in [0.1, 0.15) is 63.1 Å². The molecule has 1 fully saturated rings. The van der Waals surface area contributed by atoms with E-state index in [0.29, 0.717) is 28.4 Å². The molecule has 0 radical (unpaired) electrons. The molecule has 0 heterocycles. The molecule has 0 bridgehead atoms. The van der Waals surface area contributed by atoms with Gasteiger partial charge in [0.1, 0.15) is 22.8 Å². The van der Waals surface area contributed by atoms with Crippen molar-refractivity contribution in [2.24, 2.45) is 0 Å². The van der Waals surface area contributed by atoms with Crippen molar-refractivity contribution in [2.45, 2.75) is 52.1 Å².